The third kappa shape index (κ3) is 3.39. The average molecular weight is 305 g/mol. The van der Waals surface area contributed by atoms with Gasteiger partial charge in [0, 0.05) is 17.5 Å². The van der Waals surface area contributed by atoms with Crippen molar-refractivity contribution >= 4 is 22.8 Å². The molecule has 1 heterocycles. The topological polar surface area (TPSA) is 77.8 Å². The van der Waals surface area contributed by atoms with Crippen LogP contribution < -0.4 is 10.1 Å². The Morgan fingerprint density at radius 2 is 2.05 bits per heavy atom. The molecule has 0 fully saturated rings. The summed E-state index contributed by atoms with van der Waals surface area (Å²) in [6.45, 7) is 6.18. The molecular formula is C16H19NO5. The number of amides is 1. The lowest BCUT2D eigenvalue weighted by atomic mass is 10.1. The van der Waals surface area contributed by atoms with Crippen molar-refractivity contribution in [3.63, 3.8) is 0 Å². The maximum Gasteiger partial charge on any atom is 0.375 e. The summed E-state index contributed by atoms with van der Waals surface area (Å²) in [5, 5.41) is 3.34. The highest BCUT2D eigenvalue weighted by Crippen LogP contribution is 2.29. The van der Waals surface area contributed by atoms with Crippen LogP contribution in [0.2, 0.25) is 0 Å². The van der Waals surface area contributed by atoms with Gasteiger partial charge in [0.25, 0.3) is 5.91 Å². The standard InChI is InChI=1S/C16H19NO5/c1-4-17-14(18)9-21-16(19)15-10(3)12-8-11(20-5-2)6-7-13(12)22-15/h6-8H,4-5,9H2,1-3H3,(H,17,18). The lowest BCUT2D eigenvalue weighted by Gasteiger charge is -2.03. The Hall–Kier alpha value is -2.50. The molecule has 0 aliphatic heterocycles. The summed E-state index contributed by atoms with van der Waals surface area (Å²) in [7, 11) is 0. The van der Waals surface area contributed by atoms with Crippen LogP contribution in [0.5, 0.6) is 5.75 Å². The van der Waals surface area contributed by atoms with Crippen LogP contribution in [0.1, 0.15) is 30.0 Å². The smallest absolute Gasteiger partial charge is 0.375 e. The zero-order valence-electron chi connectivity index (χ0n) is 12.9. The molecule has 0 aliphatic rings. The minimum atomic E-state index is -0.655. The fraction of sp³-hybridized carbons (Fsp3) is 0.375. The Morgan fingerprint density at radius 3 is 2.73 bits per heavy atom. The van der Waals surface area contributed by atoms with E-state index >= 15 is 0 Å². The molecule has 0 unspecified atom stereocenters. The summed E-state index contributed by atoms with van der Waals surface area (Å²) in [4.78, 5) is 23.3. The van der Waals surface area contributed by atoms with E-state index in [2.05, 4.69) is 5.32 Å². The lowest BCUT2D eigenvalue weighted by molar-refractivity contribution is -0.124. The third-order valence-corrected chi connectivity index (χ3v) is 3.11. The first kappa shape index (κ1) is 15.9. The van der Waals surface area contributed by atoms with Gasteiger partial charge in [0.05, 0.1) is 6.61 Å². The molecule has 1 aromatic heterocycles. The number of ether oxygens (including phenoxy) is 2. The fourth-order valence-electron chi connectivity index (χ4n) is 2.10. The SMILES string of the molecule is CCNC(=O)COC(=O)c1oc2ccc(OCC)cc2c1C. The van der Waals surface area contributed by atoms with Crippen molar-refractivity contribution in [3.05, 3.63) is 29.5 Å². The zero-order chi connectivity index (χ0) is 16.1. The Kier molecular flexibility index (Phi) is 5.04. The minimum absolute atomic E-state index is 0.105. The van der Waals surface area contributed by atoms with Crippen LogP contribution in [0.25, 0.3) is 11.0 Å². The molecule has 22 heavy (non-hydrogen) atoms. The van der Waals surface area contributed by atoms with Gasteiger partial charge in [-0.15, -0.1) is 0 Å². The van der Waals surface area contributed by atoms with Crippen LogP contribution in [0.3, 0.4) is 0 Å². The number of furan rings is 1. The number of esters is 1. The number of carbonyl (C=O) groups excluding carboxylic acids is 2. The molecule has 0 aliphatic carbocycles. The van der Waals surface area contributed by atoms with E-state index < -0.39 is 5.97 Å². The van der Waals surface area contributed by atoms with E-state index in [0.29, 0.717) is 30.0 Å². The first-order valence-electron chi connectivity index (χ1n) is 7.16. The molecule has 0 radical (unpaired) electrons. The van der Waals surface area contributed by atoms with Gasteiger partial charge in [-0.3, -0.25) is 4.79 Å². The van der Waals surface area contributed by atoms with Crippen molar-refractivity contribution in [3.8, 4) is 5.75 Å². The second kappa shape index (κ2) is 6.98. The molecule has 2 rings (SSSR count). The summed E-state index contributed by atoms with van der Waals surface area (Å²) in [6, 6.07) is 5.34. The molecule has 6 nitrogen and oxygen atoms in total. The van der Waals surface area contributed by atoms with Crippen LogP contribution in [0.4, 0.5) is 0 Å². The molecular weight excluding hydrogens is 286 g/mol. The predicted molar refractivity (Wildman–Crippen MR) is 81.1 cm³/mol. The number of likely N-dealkylation sites (N-methyl/N-ethyl adjacent to an activating group) is 1. The van der Waals surface area contributed by atoms with Gasteiger partial charge in [-0.05, 0) is 39.0 Å². The van der Waals surface area contributed by atoms with Crippen molar-refractivity contribution in [2.24, 2.45) is 0 Å². The van der Waals surface area contributed by atoms with Crippen LogP contribution in [0, 0.1) is 6.92 Å². The van der Waals surface area contributed by atoms with E-state index in [1.165, 1.54) is 0 Å². The van der Waals surface area contributed by atoms with Crippen molar-refractivity contribution in [1.29, 1.82) is 0 Å². The van der Waals surface area contributed by atoms with E-state index in [9.17, 15) is 9.59 Å². The van der Waals surface area contributed by atoms with E-state index in [-0.39, 0.29) is 18.3 Å². The fourth-order valence-corrected chi connectivity index (χ4v) is 2.10. The van der Waals surface area contributed by atoms with Gasteiger partial charge in [0.15, 0.2) is 6.61 Å². The quantitative estimate of drug-likeness (QED) is 0.829. The summed E-state index contributed by atoms with van der Waals surface area (Å²) in [5.74, 6) is -0.185. The lowest BCUT2D eigenvalue weighted by Crippen LogP contribution is -2.28. The molecule has 118 valence electrons. The molecule has 2 aromatic rings. The van der Waals surface area contributed by atoms with Gasteiger partial charge in [0.2, 0.25) is 5.76 Å². The van der Waals surface area contributed by atoms with Gasteiger partial charge in [-0.2, -0.15) is 0 Å². The van der Waals surface area contributed by atoms with Gasteiger partial charge in [0.1, 0.15) is 11.3 Å². The largest absolute Gasteiger partial charge is 0.494 e. The highest BCUT2D eigenvalue weighted by atomic mass is 16.5. The van der Waals surface area contributed by atoms with E-state index in [1.807, 2.05) is 13.0 Å². The first-order valence-corrected chi connectivity index (χ1v) is 7.16. The van der Waals surface area contributed by atoms with Crippen molar-refractivity contribution in [2.75, 3.05) is 19.8 Å². The molecule has 0 saturated carbocycles. The monoisotopic (exact) mass is 305 g/mol. The number of aryl methyl sites for hydroxylation is 1. The van der Waals surface area contributed by atoms with Gasteiger partial charge >= 0.3 is 5.97 Å². The number of hydrogen-bond acceptors (Lipinski definition) is 5. The van der Waals surface area contributed by atoms with Crippen LogP contribution in [-0.4, -0.2) is 31.6 Å². The number of benzene rings is 1. The Balaban J connectivity index is 2.18. The van der Waals surface area contributed by atoms with E-state index in [4.69, 9.17) is 13.9 Å². The number of carbonyl (C=O) groups is 2. The number of hydrogen-bond donors (Lipinski definition) is 1. The summed E-state index contributed by atoms with van der Waals surface area (Å²) in [5.41, 5.74) is 1.24. The molecule has 0 spiro atoms. The Bertz CT molecular complexity index is 689. The maximum absolute atomic E-state index is 12.0. The minimum Gasteiger partial charge on any atom is -0.494 e. The molecule has 1 amide bonds. The second-order valence-corrected chi connectivity index (χ2v) is 4.68. The average Bonchev–Trinajstić information content (AvgIpc) is 2.83. The molecule has 0 saturated heterocycles. The third-order valence-electron chi connectivity index (χ3n) is 3.11. The number of rotatable bonds is 6. The first-order chi connectivity index (χ1) is 10.6. The molecule has 0 atom stereocenters. The summed E-state index contributed by atoms with van der Waals surface area (Å²) < 4.78 is 15.9. The molecule has 6 heteroatoms. The highest BCUT2D eigenvalue weighted by Gasteiger charge is 2.20. The normalized spacial score (nSPS) is 10.5. The zero-order valence-corrected chi connectivity index (χ0v) is 12.9. The van der Waals surface area contributed by atoms with Crippen molar-refractivity contribution in [2.45, 2.75) is 20.8 Å². The maximum atomic E-state index is 12.0. The highest BCUT2D eigenvalue weighted by molar-refractivity contribution is 5.97. The van der Waals surface area contributed by atoms with Crippen LogP contribution in [-0.2, 0) is 9.53 Å². The van der Waals surface area contributed by atoms with Gasteiger partial charge in [-0.25, -0.2) is 4.79 Å². The Morgan fingerprint density at radius 1 is 1.27 bits per heavy atom. The number of fused-ring (bicyclic) bond motifs is 1. The van der Waals surface area contributed by atoms with Crippen LogP contribution >= 0.6 is 0 Å². The predicted octanol–water partition coefficient (Wildman–Crippen LogP) is 2.43. The second-order valence-electron chi connectivity index (χ2n) is 4.68. The molecule has 1 N–H and O–H groups in total. The van der Waals surface area contributed by atoms with E-state index in [1.54, 1.807) is 26.0 Å². The molecule has 1 aromatic carbocycles. The van der Waals surface area contributed by atoms with Gasteiger partial charge < -0.3 is 19.2 Å². The van der Waals surface area contributed by atoms with Crippen molar-refractivity contribution < 1.29 is 23.5 Å². The van der Waals surface area contributed by atoms with Crippen LogP contribution in [0.15, 0.2) is 22.6 Å². The van der Waals surface area contributed by atoms with E-state index in [0.717, 1.165) is 5.39 Å². The Labute approximate surface area is 128 Å². The summed E-state index contributed by atoms with van der Waals surface area (Å²) in [6.07, 6.45) is 0. The molecule has 0 bridgehead atoms. The van der Waals surface area contributed by atoms with Crippen molar-refractivity contribution in [1.82, 2.24) is 5.32 Å². The van der Waals surface area contributed by atoms with Gasteiger partial charge in [-0.1, -0.05) is 0 Å². The summed E-state index contributed by atoms with van der Waals surface area (Å²) >= 11 is 0. The number of nitrogens with one attached hydrogen (secondary N) is 1.